The highest BCUT2D eigenvalue weighted by molar-refractivity contribution is 5.72. The summed E-state index contributed by atoms with van der Waals surface area (Å²) in [5, 5.41) is 13.0. The Labute approximate surface area is 141 Å². The molecule has 0 aromatic carbocycles. The maximum absolute atomic E-state index is 12.3. The molecule has 1 aromatic rings. The van der Waals surface area contributed by atoms with Crippen LogP contribution in [-0.2, 0) is 11.2 Å². The van der Waals surface area contributed by atoms with Crippen molar-refractivity contribution in [2.75, 3.05) is 36.5 Å². The second-order valence-corrected chi connectivity index (χ2v) is 6.94. The number of hydrogen-bond donors (Lipinski definition) is 2. The quantitative estimate of drug-likeness (QED) is 0.862. The smallest absolute Gasteiger partial charge is 0.414 e. The zero-order chi connectivity index (χ0) is 17.3. The average molecular weight is 332 g/mol. The number of aliphatic hydroxyl groups excluding tert-OH is 1. The second-order valence-electron chi connectivity index (χ2n) is 6.94. The maximum atomic E-state index is 12.3. The third-order valence-electron chi connectivity index (χ3n) is 4.00. The molecule has 2 aliphatic heterocycles. The van der Waals surface area contributed by atoms with Crippen molar-refractivity contribution in [3.8, 4) is 0 Å². The van der Waals surface area contributed by atoms with Gasteiger partial charge in [0, 0.05) is 43.3 Å². The fourth-order valence-electron chi connectivity index (χ4n) is 2.96. The molecule has 2 aliphatic rings. The minimum atomic E-state index is -0.563. The summed E-state index contributed by atoms with van der Waals surface area (Å²) in [5.74, 6) is 0.918. The first-order valence-corrected chi connectivity index (χ1v) is 8.19. The number of amides is 1. The van der Waals surface area contributed by atoms with E-state index in [2.05, 4.69) is 15.2 Å². The molecule has 3 rings (SSSR count). The summed E-state index contributed by atoms with van der Waals surface area (Å²) < 4.78 is 5.42. The molecular formula is C17H24N4O3. The van der Waals surface area contributed by atoms with Gasteiger partial charge in [-0.15, -0.1) is 0 Å². The van der Waals surface area contributed by atoms with Crippen LogP contribution in [0.3, 0.4) is 0 Å². The number of aromatic nitrogens is 1. The molecule has 0 fully saturated rings. The second kappa shape index (κ2) is 6.32. The molecule has 0 spiro atoms. The van der Waals surface area contributed by atoms with E-state index in [4.69, 9.17) is 4.74 Å². The summed E-state index contributed by atoms with van der Waals surface area (Å²) in [6, 6.07) is 1.97. The van der Waals surface area contributed by atoms with E-state index >= 15 is 0 Å². The lowest BCUT2D eigenvalue weighted by Crippen LogP contribution is -2.45. The number of carbonyl (C=O) groups excluding carboxylic acids is 1. The fourth-order valence-corrected chi connectivity index (χ4v) is 2.96. The van der Waals surface area contributed by atoms with Gasteiger partial charge in [0.2, 0.25) is 0 Å². The Kier molecular flexibility index (Phi) is 4.36. The van der Waals surface area contributed by atoms with E-state index in [1.54, 1.807) is 6.20 Å². The van der Waals surface area contributed by atoms with Crippen LogP contribution < -0.4 is 10.2 Å². The third-order valence-corrected chi connectivity index (χ3v) is 4.00. The fraction of sp³-hybridized carbons (Fsp3) is 0.529. The topological polar surface area (TPSA) is 77.9 Å². The number of carbonyl (C=O) groups is 1. The number of fused-ring (bicyclic) bond motifs is 1. The molecule has 0 radical (unpaired) electrons. The number of anilines is 2. The first kappa shape index (κ1) is 16.6. The number of aliphatic hydroxyl groups is 1. The molecule has 3 heterocycles. The average Bonchev–Trinajstić information content (AvgIpc) is 3.01. The van der Waals surface area contributed by atoms with Gasteiger partial charge in [-0.1, -0.05) is 0 Å². The molecule has 0 atom stereocenters. The van der Waals surface area contributed by atoms with E-state index in [1.807, 2.05) is 33.0 Å². The number of nitrogens with zero attached hydrogens (tertiary/aromatic N) is 3. The highest BCUT2D eigenvalue weighted by Gasteiger charge is 2.29. The Morgan fingerprint density at radius 2 is 2.21 bits per heavy atom. The molecule has 7 heteroatoms. The van der Waals surface area contributed by atoms with Gasteiger partial charge in [-0.05, 0) is 33.3 Å². The SMILES string of the molecule is CC(C)(C)OC(=O)N1CCN(c2ccnc3c2CCN3)C=C1CO. The summed E-state index contributed by atoms with van der Waals surface area (Å²) in [6.07, 6.45) is 4.09. The molecule has 0 aliphatic carbocycles. The standard InChI is InChI=1S/C17H24N4O3/c1-17(2,3)24-16(23)21-9-8-20(10-12(21)11-22)14-5-7-19-15-13(14)4-6-18-15/h5,7,10,22H,4,6,8-9,11H2,1-3H3,(H,18,19). The normalized spacial score (nSPS) is 17.2. The number of rotatable bonds is 2. The Hall–Kier alpha value is -2.28. The number of nitrogens with one attached hydrogen (secondary N) is 1. The Balaban J connectivity index is 1.84. The van der Waals surface area contributed by atoms with Crippen molar-refractivity contribution in [2.45, 2.75) is 32.8 Å². The third kappa shape index (κ3) is 3.31. The van der Waals surface area contributed by atoms with Crippen LogP contribution in [0.15, 0.2) is 24.2 Å². The van der Waals surface area contributed by atoms with Crippen molar-refractivity contribution < 1.29 is 14.6 Å². The Morgan fingerprint density at radius 1 is 1.42 bits per heavy atom. The molecule has 2 N–H and O–H groups in total. The molecule has 7 nitrogen and oxygen atoms in total. The highest BCUT2D eigenvalue weighted by Crippen LogP contribution is 2.31. The van der Waals surface area contributed by atoms with Crippen LogP contribution in [-0.4, -0.2) is 52.9 Å². The van der Waals surface area contributed by atoms with E-state index in [-0.39, 0.29) is 6.61 Å². The molecule has 1 aromatic heterocycles. The van der Waals surface area contributed by atoms with Crippen LogP contribution in [0.25, 0.3) is 0 Å². The lowest BCUT2D eigenvalue weighted by molar-refractivity contribution is 0.0289. The van der Waals surface area contributed by atoms with Gasteiger partial charge >= 0.3 is 6.09 Å². The van der Waals surface area contributed by atoms with Gasteiger partial charge in [-0.25, -0.2) is 9.78 Å². The summed E-state index contributed by atoms with van der Waals surface area (Å²) in [5.41, 5.74) is 2.22. The lowest BCUT2D eigenvalue weighted by Gasteiger charge is -2.35. The van der Waals surface area contributed by atoms with Gasteiger partial charge in [0.25, 0.3) is 0 Å². The lowest BCUT2D eigenvalue weighted by atomic mass is 10.1. The Morgan fingerprint density at radius 3 is 2.92 bits per heavy atom. The van der Waals surface area contributed by atoms with Gasteiger partial charge < -0.3 is 20.1 Å². The van der Waals surface area contributed by atoms with Gasteiger partial charge in [0.05, 0.1) is 12.3 Å². The molecule has 0 saturated carbocycles. The minimum Gasteiger partial charge on any atom is -0.443 e. The van der Waals surface area contributed by atoms with Crippen molar-refractivity contribution in [2.24, 2.45) is 0 Å². The molecule has 130 valence electrons. The first-order valence-electron chi connectivity index (χ1n) is 8.19. The molecular weight excluding hydrogens is 308 g/mol. The van der Waals surface area contributed by atoms with E-state index in [0.29, 0.717) is 18.8 Å². The summed E-state index contributed by atoms with van der Waals surface area (Å²) in [4.78, 5) is 20.2. The van der Waals surface area contributed by atoms with E-state index < -0.39 is 11.7 Å². The zero-order valence-electron chi connectivity index (χ0n) is 14.4. The van der Waals surface area contributed by atoms with Crippen molar-refractivity contribution in [3.63, 3.8) is 0 Å². The molecule has 0 bridgehead atoms. The molecule has 24 heavy (non-hydrogen) atoms. The molecule has 1 amide bonds. The Bertz CT molecular complexity index is 666. The zero-order valence-corrected chi connectivity index (χ0v) is 14.4. The predicted molar refractivity (Wildman–Crippen MR) is 91.9 cm³/mol. The van der Waals surface area contributed by atoms with Gasteiger partial charge in [0.1, 0.15) is 11.4 Å². The predicted octanol–water partition coefficient (Wildman–Crippen LogP) is 1.94. The van der Waals surface area contributed by atoms with Crippen molar-refractivity contribution >= 4 is 17.6 Å². The minimum absolute atomic E-state index is 0.221. The van der Waals surface area contributed by atoms with Crippen LogP contribution in [0.2, 0.25) is 0 Å². The van der Waals surface area contributed by atoms with Gasteiger partial charge in [0.15, 0.2) is 0 Å². The first-order chi connectivity index (χ1) is 11.4. The largest absolute Gasteiger partial charge is 0.443 e. The van der Waals surface area contributed by atoms with Gasteiger partial charge in [-0.2, -0.15) is 0 Å². The van der Waals surface area contributed by atoms with Crippen LogP contribution >= 0.6 is 0 Å². The van der Waals surface area contributed by atoms with Gasteiger partial charge in [-0.3, -0.25) is 4.90 Å². The number of ether oxygens (including phenoxy) is 1. The van der Waals surface area contributed by atoms with E-state index in [0.717, 1.165) is 24.5 Å². The van der Waals surface area contributed by atoms with Crippen LogP contribution in [0.5, 0.6) is 0 Å². The monoisotopic (exact) mass is 332 g/mol. The van der Waals surface area contributed by atoms with Crippen molar-refractivity contribution in [3.05, 3.63) is 29.7 Å². The molecule has 0 unspecified atom stereocenters. The van der Waals surface area contributed by atoms with Crippen molar-refractivity contribution in [1.82, 2.24) is 9.88 Å². The summed E-state index contributed by atoms with van der Waals surface area (Å²) >= 11 is 0. The highest BCUT2D eigenvalue weighted by atomic mass is 16.6. The van der Waals surface area contributed by atoms with Crippen molar-refractivity contribution in [1.29, 1.82) is 0 Å². The number of hydrogen-bond acceptors (Lipinski definition) is 6. The van der Waals surface area contributed by atoms with Crippen LogP contribution in [0.4, 0.5) is 16.3 Å². The summed E-state index contributed by atoms with van der Waals surface area (Å²) in [7, 11) is 0. The van der Waals surface area contributed by atoms with E-state index in [1.165, 1.54) is 10.5 Å². The van der Waals surface area contributed by atoms with Crippen LogP contribution in [0, 0.1) is 0 Å². The maximum Gasteiger partial charge on any atom is 0.414 e. The van der Waals surface area contributed by atoms with Crippen LogP contribution in [0.1, 0.15) is 26.3 Å². The number of pyridine rings is 1. The van der Waals surface area contributed by atoms with E-state index in [9.17, 15) is 9.90 Å². The molecule has 0 saturated heterocycles. The summed E-state index contributed by atoms with van der Waals surface area (Å²) in [6.45, 7) is 7.25.